The molecule has 2 heterocycles. The molecule has 0 fully saturated rings. The summed E-state index contributed by atoms with van der Waals surface area (Å²) in [7, 11) is -2.83. The van der Waals surface area contributed by atoms with Gasteiger partial charge >= 0.3 is 0 Å². The first-order valence-corrected chi connectivity index (χ1v) is 14.5. The summed E-state index contributed by atoms with van der Waals surface area (Å²) in [6.07, 6.45) is 7.95. The van der Waals surface area contributed by atoms with Gasteiger partial charge in [0.05, 0.1) is 0 Å². The number of hydrogen-bond acceptors (Lipinski definition) is 2. The third kappa shape index (κ3) is 4.10. The molecule has 176 valence electrons. The van der Waals surface area contributed by atoms with Crippen LogP contribution in [0.5, 0.6) is 0 Å². The summed E-state index contributed by atoms with van der Waals surface area (Å²) < 4.78 is 0. The molecule has 0 saturated heterocycles. The van der Waals surface area contributed by atoms with Crippen LogP contribution >= 0.6 is 0 Å². The predicted molar refractivity (Wildman–Crippen MR) is 157 cm³/mol. The van der Waals surface area contributed by atoms with Crippen molar-refractivity contribution in [2.75, 3.05) is 0 Å². The monoisotopic (exact) mass is 490 g/mol. The molecule has 0 amide bonds. The van der Waals surface area contributed by atoms with E-state index < -0.39 is 8.07 Å². The Balaban J connectivity index is 1.80. The Morgan fingerprint density at radius 1 is 0.378 bits per heavy atom. The van der Waals surface area contributed by atoms with Gasteiger partial charge in [0.1, 0.15) is 0 Å². The van der Waals surface area contributed by atoms with Crippen LogP contribution in [-0.2, 0) is 0 Å². The highest BCUT2D eigenvalue weighted by Gasteiger charge is 2.44. The molecule has 2 aromatic heterocycles. The van der Waals surface area contributed by atoms with E-state index in [1.165, 1.54) is 43.0 Å². The van der Waals surface area contributed by atoms with Crippen LogP contribution in [-0.4, -0.2) is 18.0 Å². The second-order valence-electron chi connectivity index (χ2n) is 9.06. The number of pyridine rings is 2. The molecule has 6 rings (SSSR count). The summed E-state index contributed by atoms with van der Waals surface area (Å²) in [6.45, 7) is 0. The van der Waals surface area contributed by atoms with Gasteiger partial charge < -0.3 is 0 Å². The lowest BCUT2D eigenvalue weighted by Crippen LogP contribution is -2.75. The Labute approximate surface area is 219 Å². The first-order chi connectivity index (χ1) is 18.4. The van der Waals surface area contributed by atoms with Gasteiger partial charge in [-0.15, -0.1) is 0 Å². The van der Waals surface area contributed by atoms with Gasteiger partial charge in [-0.05, 0) is 44.0 Å². The second kappa shape index (κ2) is 10.2. The minimum Gasteiger partial charge on any atom is -0.264 e. The maximum atomic E-state index is 4.61. The molecule has 6 aromatic rings. The molecule has 0 unspecified atom stereocenters. The zero-order chi connectivity index (χ0) is 24.9. The first kappa shape index (κ1) is 22.8. The molecular formula is C34H26N2Si. The van der Waals surface area contributed by atoms with Crippen molar-refractivity contribution in [2.45, 2.75) is 0 Å². The Morgan fingerprint density at radius 3 is 1.11 bits per heavy atom. The standard InChI is InChI=1S/C34H26N2Si/c1-5-13-27(14-6-1)31-25-35-23-21-33(31)37(29-17-9-3-10-18-29,30-19-11-4-12-20-30)34-22-24-36-26-32(34)28-15-7-2-8-16-28/h1-26H. The molecule has 0 saturated carbocycles. The van der Waals surface area contributed by atoms with E-state index >= 15 is 0 Å². The molecule has 4 aromatic carbocycles. The average molecular weight is 491 g/mol. The summed E-state index contributed by atoms with van der Waals surface area (Å²) in [5, 5.41) is 5.28. The van der Waals surface area contributed by atoms with E-state index in [4.69, 9.17) is 0 Å². The fourth-order valence-electron chi connectivity index (χ4n) is 5.45. The van der Waals surface area contributed by atoms with Crippen molar-refractivity contribution < 1.29 is 0 Å². The van der Waals surface area contributed by atoms with Gasteiger partial charge in [0.25, 0.3) is 0 Å². The van der Waals surface area contributed by atoms with Crippen molar-refractivity contribution in [2.24, 2.45) is 0 Å². The van der Waals surface area contributed by atoms with Crippen LogP contribution in [0.4, 0.5) is 0 Å². The zero-order valence-corrected chi connectivity index (χ0v) is 21.4. The van der Waals surface area contributed by atoms with Crippen LogP contribution < -0.4 is 20.7 Å². The second-order valence-corrected chi connectivity index (χ2v) is 12.8. The van der Waals surface area contributed by atoms with Gasteiger partial charge in [0, 0.05) is 35.9 Å². The summed E-state index contributed by atoms with van der Waals surface area (Å²) in [4.78, 5) is 9.21. The first-order valence-electron chi connectivity index (χ1n) is 12.5. The van der Waals surface area contributed by atoms with E-state index in [1.54, 1.807) is 0 Å². The molecular weight excluding hydrogens is 464 g/mol. The van der Waals surface area contributed by atoms with Crippen LogP contribution in [0, 0.1) is 0 Å². The van der Waals surface area contributed by atoms with Crippen molar-refractivity contribution in [3.8, 4) is 22.3 Å². The van der Waals surface area contributed by atoms with Crippen LogP contribution in [0.25, 0.3) is 22.3 Å². The quantitative estimate of drug-likeness (QED) is 0.300. The lowest BCUT2D eigenvalue weighted by molar-refractivity contribution is 1.33. The Bertz CT molecular complexity index is 1480. The fraction of sp³-hybridized carbons (Fsp3) is 0. The van der Waals surface area contributed by atoms with Gasteiger partial charge in [-0.25, -0.2) is 0 Å². The summed E-state index contributed by atoms with van der Waals surface area (Å²) in [6, 6.07) is 47.7. The van der Waals surface area contributed by atoms with Gasteiger partial charge in [-0.1, -0.05) is 121 Å². The van der Waals surface area contributed by atoms with E-state index in [0.717, 1.165) is 0 Å². The molecule has 0 radical (unpaired) electrons. The van der Waals surface area contributed by atoms with Crippen molar-refractivity contribution >= 4 is 28.8 Å². The number of benzene rings is 4. The largest absolute Gasteiger partial charge is 0.264 e. The van der Waals surface area contributed by atoms with Gasteiger partial charge in [-0.2, -0.15) is 0 Å². The van der Waals surface area contributed by atoms with E-state index in [2.05, 4.69) is 143 Å². The SMILES string of the molecule is c1ccc(-c2cnccc2[Si](c2ccccc2)(c2ccccc2)c2ccncc2-c2ccccc2)cc1. The third-order valence-corrected chi connectivity index (χ3v) is 11.9. The smallest absolute Gasteiger partial charge is 0.181 e. The molecule has 0 aliphatic rings. The van der Waals surface area contributed by atoms with Crippen LogP contribution in [0.1, 0.15) is 0 Å². The molecule has 0 aliphatic carbocycles. The lowest BCUT2D eigenvalue weighted by atomic mass is 10.1. The lowest BCUT2D eigenvalue weighted by Gasteiger charge is -2.37. The molecule has 0 atom stereocenters. The van der Waals surface area contributed by atoms with Crippen LogP contribution in [0.15, 0.2) is 158 Å². The molecule has 0 N–H and O–H groups in total. The summed E-state index contributed by atoms with van der Waals surface area (Å²) in [5.41, 5.74) is 4.67. The molecule has 37 heavy (non-hydrogen) atoms. The van der Waals surface area contributed by atoms with Gasteiger partial charge in [-0.3, -0.25) is 9.97 Å². The molecule has 2 nitrogen and oxygen atoms in total. The van der Waals surface area contributed by atoms with Crippen molar-refractivity contribution in [3.05, 3.63) is 158 Å². The molecule has 0 aliphatic heterocycles. The van der Waals surface area contributed by atoms with Crippen molar-refractivity contribution in [1.29, 1.82) is 0 Å². The Morgan fingerprint density at radius 2 is 0.730 bits per heavy atom. The summed E-state index contributed by atoms with van der Waals surface area (Å²) in [5.74, 6) is 0. The highest BCUT2D eigenvalue weighted by Crippen LogP contribution is 2.24. The predicted octanol–water partition coefficient (Wildman–Crippen LogP) is 5.19. The number of aromatic nitrogens is 2. The Hall–Kier alpha value is -4.60. The van der Waals surface area contributed by atoms with E-state index in [1.807, 2.05) is 24.8 Å². The van der Waals surface area contributed by atoms with Crippen LogP contribution in [0.2, 0.25) is 0 Å². The maximum Gasteiger partial charge on any atom is 0.181 e. The Kier molecular flexibility index (Phi) is 6.28. The van der Waals surface area contributed by atoms with Crippen molar-refractivity contribution in [1.82, 2.24) is 9.97 Å². The third-order valence-electron chi connectivity index (χ3n) is 7.03. The summed E-state index contributed by atoms with van der Waals surface area (Å²) >= 11 is 0. The normalized spacial score (nSPS) is 11.2. The average Bonchev–Trinajstić information content (AvgIpc) is 3.00. The maximum absolute atomic E-state index is 4.61. The highest BCUT2D eigenvalue weighted by atomic mass is 28.3. The van der Waals surface area contributed by atoms with E-state index in [-0.39, 0.29) is 0 Å². The topological polar surface area (TPSA) is 25.8 Å². The minimum atomic E-state index is -2.83. The number of hydrogen-bond donors (Lipinski definition) is 0. The minimum absolute atomic E-state index is 1.17. The van der Waals surface area contributed by atoms with Gasteiger partial charge in [0.15, 0.2) is 8.07 Å². The van der Waals surface area contributed by atoms with Crippen LogP contribution in [0.3, 0.4) is 0 Å². The van der Waals surface area contributed by atoms with Gasteiger partial charge in [0.2, 0.25) is 0 Å². The number of nitrogens with zero attached hydrogens (tertiary/aromatic N) is 2. The fourth-order valence-corrected chi connectivity index (χ4v) is 10.6. The molecule has 3 heteroatoms. The molecule has 0 bridgehead atoms. The zero-order valence-electron chi connectivity index (χ0n) is 20.4. The number of rotatable bonds is 6. The molecule has 0 spiro atoms. The van der Waals surface area contributed by atoms with Crippen molar-refractivity contribution in [3.63, 3.8) is 0 Å². The highest BCUT2D eigenvalue weighted by molar-refractivity contribution is 7.20. The van der Waals surface area contributed by atoms with E-state index in [9.17, 15) is 0 Å². The van der Waals surface area contributed by atoms with E-state index in [0.29, 0.717) is 0 Å².